The lowest BCUT2D eigenvalue weighted by Crippen LogP contribution is -2.45. The van der Waals surface area contributed by atoms with E-state index in [9.17, 15) is 19.4 Å². The highest BCUT2D eigenvalue weighted by atomic mass is 31.2. The summed E-state index contributed by atoms with van der Waals surface area (Å²) in [5.41, 5.74) is 0. The van der Waals surface area contributed by atoms with Gasteiger partial charge in [0.2, 0.25) is 5.91 Å². The second-order valence-electron chi connectivity index (χ2n) is 24.1. The highest BCUT2D eigenvalue weighted by Crippen LogP contribution is 2.38. The number of hydrogen-bond donors (Lipinski definition) is 2. The Kier molecular flexibility index (Phi) is 61.0. The SMILES string of the molecule is CC/C=C\C/C=C\C/C=C\C/C=C\C/C=C\C/C=C\C/C=C\CCCCCCCCCC(=O)NC(COP(=O)([O-])OCC[N+](C)(C)C)C(O)/C=C/CC/C=C/CC/C=C/CCCCCCCCCCCCCCCCCCCCCCCC. The minimum Gasteiger partial charge on any atom is -0.756 e. The Morgan fingerprint density at radius 3 is 1.12 bits per heavy atom. The van der Waals surface area contributed by atoms with E-state index in [2.05, 4.69) is 129 Å². The molecule has 8 nitrogen and oxygen atoms in total. The standard InChI is InChI=1S/C74H131N2O6P/c1-6-8-10-12-14-16-18-20-22-24-26-28-30-32-34-36-37-38-40-41-43-45-47-49-51-53-55-57-59-61-63-65-67-73(77)72(71-82-83(79,80)81-70-69-76(3,4)5)75-74(78)68-66-64-62-60-58-56-54-52-50-48-46-44-42-39-35-33-31-29-27-25-23-21-19-17-15-13-11-9-7-2/h9,11,15,17,21,23,27,29,33,35,42,44,48-51,57,59,65,67,72-73,77H,6-8,10,12-14,16,18-20,22,24-26,28,30-32,34,36-41,43,45-47,52-56,58,60-64,66,68-71H2,1-5H3,(H-,75,78,79,80)/b11-9-,17-15-,23-21-,29-27-,35-33-,44-42-,50-48-,51-49+,59-57+,67-65+. The van der Waals surface area contributed by atoms with E-state index in [1.54, 1.807) is 6.08 Å². The third kappa shape index (κ3) is 66.3. The van der Waals surface area contributed by atoms with Gasteiger partial charge >= 0.3 is 0 Å². The number of likely N-dealkylation sites (N-methyl/N-ethyl adjacent to an activating group) is 1. The Morgan fingerprint density at radius 1 is 0.434 bits per heavy atom. The number of phosphoric acid groups is 1. The predicted octanol–water partition coefficient (Wildman–Crippen LogP) is 21.4. The van der Waals surface area contributed by atoms with E-state index in [4.69, 9.17) is 9.05 Å². The molecule has 0 saturated carbocycles. The zero-order valence-corrected chi connectivity index (χ0v) is 55.5. The lowest BCUT2D eigenvalue weighted by atomic mass is 10.0. The number of rotatable bonds is 62. The Bertz CT molecular complexity index is 1770. The fourth-order valence-electron chi connectivity index (χ4n) is 9.58. The van der Waals surface area contributed by atoms with Gasteiger partial charge in [-0.2, -0.15) is 0 Å². The summed E-state index contributed by atoms with van der Waals surface area (Å²) < 4.78 is 23.4. The first-order valence-electron chi connectivity index (χ1n) is 34.4. The summed E-state index contributed by atoms with van der Waals surface area (Å²) in [5, 5.41) is 13.9. The average molecular weight is 1180 g/mol. The molecule has 0 aromatic rings. The first-order valence-corrected chi connectivity index (χ1v) is 35.9. The maximum Gasteiger partial charge on any atom is 0.268 e. The molecule has 0 bridgehead atoms. The van der Waals surface area contributed by atoms with Crippen molar-refractivity contribution in [2.45, 2.75) is 302 Å². The maximum atomic E-state index is 13.0. The molecule has 3 unspecified atom stereocenters. The van der Waals surface area contributed by atoms with Crippen molar-refractivity contribution in [3.8, 4) is 0 Å². The molecule has 0 aromatic carbocycles. The molecule has 0 saturated heterocycles. The molecule has 0 fully saturated rings. The molecule has 0 aliphatic heterocycles. The van der Waals surface area contributed by atoms with Crippen LogP contribution in [0.25, 0.3) is 0 Å². The Labute approximate surface area is 514 Å². The molecule has 3 atom stereocenters. The van der Waals surface area contributed by atoms with Crippen molar-refractivity contribution in [2.75, 3.05) is 40.9 Å². The Hall–Kier alpha value is -3.10. The van der Waals surface area contributed by atoms with Gasteiger partial charge in [-0.05, 0) is 103 Å². The molecule has 0 spiro atoms. The van der Waals surface area contributed by atoms with Crippen LogP contribution in [-0.4, -0.2) is 68.5 Å². The van der Waals surface area contributed by atoms with Crippen LogP contribution in [0.3, 0.4) is 0 Å². The summed E-state index contributed by atoms with van der Waals surface area (Å²) in [4.78, 5) is 25.6. The number of allylic oxidation sites excluding steroid dienone is 19. The van der Waals surface area contributed by atoms with Gasteiger partial charge in [0.1, 0.15) is 13.2 Å². The van der Waals surface area contributed by atoms with Crippen LogP contribution in [-0.2, 0) is 18.4 Å². The van der Waals surface area contributed by atoms with Crippen LogP contribution in [0.4, 0.5) is 0 Å². The summed E-state index contributed by atoms with van der Waals surface area (Å²) >= 11 is 0. The van der Waals surface area contributed by atoms with E-state index in [0.29, 0.717) is 17.4 Å². The van der Waals surface area contributed by atoms with E-state index in [0.717, 1.165) is 103 Å². The number of unbranched alkanes of at least 4 members (excludes halogenated alkanes) is 31. The molecule has 0 aliphatic rings. The van der Waals surface area contributed by atoms with Crippen molar-refractivity contribution in [2.24, 2.45) is 0 Å². The maximum absolute atomic E-state index is 13.0. The molecule has 478 valence electrons. The van der Waals surface area contributed by atoms with Crippen molar-refractivity contribution in [1.29, 1.82) is 0 Å². The summed E-state index contributed by atoms with van der Waals surface area (Å²) in [6.07, 6.45) is 94.6. The van der Waals surface area contributed by atoms with E-state index in [-0.39, 0.29) is 12.5 Å². The first kappa shape index (κ1) is 79.9. The van der Waals surface area contributed by atoms with Gasteiger partial charge in [0.25, 0.3) is 7.82 Å². The summed E-state index contributed by atoms with van der Waals surface area (Å²) in [5.74, 6) is -0.225. The third-order valence-electron chi connectivity index (χ3n) is 14.9. The molecule has 0 aromatic heterocycles. The molecule has 0 heterocycles. The number of carbonyl (C=O) groups excluding carboxylic acids is 1. The number of carbonyl (C=O) groups is 1. The van der Waals surface area contributed by atoms with E-state index < -0.39 is 26.6 Å². The number of quaternary nitrogens is 1. The minimum absolute atomic E-state index is 0.0178. The van der Waals surface area contributed by atoms with Gasteiger partial charge in [-0.3, -0.25) is 9.36 Å². The third-order valence-corrected chi connectivity index (χ3v) is 15.8. The van der Waals surface area contributed by atoms with Crippen LogP contribution in [0.5, 0.6) is 0 Å². The molecule has 0 rings (SSSR count). The smallest absolute Gasteiger partial charge is 0.268 e. The highest BCUT2D eigenvalue weighted by Gasteiger charge is 2.23. The topological polar surface area (TPSA) is 108 Å². The zero-order chi connectivity index (χ0) is 60.5. The zero-order valence-electron chi connectivity index (χ0n) is 54.6. The highest BCUT2D eigenvalue weighted by molar-refractivity contribution is 7.45. The number of amides is 1. The van der Waals surface area contributed by atoms with Crippen LogP contribution in [0, 0.1) is 0 Å². The number of aliphatic hydroxyl groups is 1. The molecule has 1 amide bonds. The summed E-state index contributed by atoms with van der Waals surface area (Å²) in [6.45, 7) is 4.51. The normalized spacial score (nSPS) is 14.4. The molecule has 83 heavy (non-hydrogen) atoms. The van der Waals surface area contributed by atoms with Gasteiger partial charge in [-0.25, -0.2) is 0 Å². The lowest BCUT2D eigenvalue weighted by molar-refractivity contribution is -0.870. The fraction of sp³-hybridized carbons (Fsp3) is 0.716. The Morgan fingerprint density at radius 2 is 0.747 bits per heavy atom. The average Bonchev–Trinajstić information content (AvgIpc) is 3.50. The largest absolute Gasteiger partial charge is 0.756 e. The second kappa shape index (κ2) is 63.4. The molecule has 0 radical (unpaired) electrons. The van der Waals surface area contributed by atoms with E-state index in [1.807, 2.05) is 27.2 Å². The first-order chi connectivity index (χ1) is 40.5. The monoisotopic (exact) mass is 1170 g/mol. The summed E-state index contributed by atoms with van der Waals surface area (Å²) in [6, 6.07) is -0.927. The molecule has 9 heteroatoms. The van der Waals surface area contributed by atoms with Gasteiger partial charge in [0, 0.05) is 6.42 Å². The van der Waals surface area contributed by atoms with Crippen LogP contribution >= 0.6 is 7.82 Å². The number of nitrogens with one attached hydrogen (secondary N) is 1. The molecule has 2 N–H and O–H groups in total. The van der Waals surface area contributed by atoms with E-state index in [1.165, 1.54) is 167 Å². The van der Waals surface area contributed by atoms with Crippen molar-refractivity contribution < 1.29 is 32.9 Å². The number of aliphatic hydroxyl groups excluding tert-OH is 1. The molecular weight excluding hydrogens is 1040 g/mol. The van der Waals surface area contributed by atoms with Crippen LogP contribution in [0.15, 0.2) is 122 Å². The number of nitrogens with zero attached hydrogens (tertiary/aromatic N) is 1. The quantitative estimate of drug-likeness (QED) is 0.0272. The van der Waals surface area contributed by atoms with Gasteiger partial charge in [-0.15, -0.1) is 0 Å². The van der Waals surface area contributed by atoms with Gasteiger partial charge in [-0.1, -0.05) is 302 Å². The van der Waals surface area contributed by atoms with E-state index >= 15 is 0 Å². The predicted molar refractivity (Wildman–Crippen MR) is 362 cm³/mol. The van der Waals surface area contributed by atoms with Gasteiger partial charge in [0.15, 0.2) is 0 Å². The van der Waals surface area contributed by atoms with Crippen molar-refractivity contribution in [3.05, 3.63) is 122 Å². The molecule has 0 aliphatic carbocycles. The van der Waals surface area contributed by atoms with Crippen molar-refractivity contribution in [1.82, 2.24) is 5.32 Å². The lowest BCUT2D eigenvalue weighted by Gasteiger charge is -2.29. The van der Waals surface area contributed by atoms with Gasteiger partial charge in [0.05, 0.1) is 39.9 Å². The Balaban J connectivity index is 4.22. The number of phosphoric ester groups is 1. The van der Waals surface area contributed by atoms with Crippen LogP contribution in [0.1, 0.15) is 290 Å². The molecular formula is C74H131N2O6P. The summed E-state index contributed by atoms with van der Waals surface area (Å²) in [7, 11) is 1.21. The second-order valence-corrected chi connectivity index (χ2v) is 25.5. The van der Waals surface area contributed by atoms with Gasteiger partial charge < -0.3 is 28.8 Å². The van der Waals surface area contributed by atoms with Crippen molar-refractivity contribution in [3.63, 3.8) is 0 Å². The fourth-order valence-corrected chi connectivity index (χ4v) is 10.3. The van der Waals surface area contributed by atoms with Crippen molar-refractivity contribution >= 4 is 13.7 Å². The van der Waals surface area contributed by atoms with Crippen LogP contribution < -0.4 is 10.2 Å². The minimum atomic E-state index is -4.63. The number of hydrogen-bond acceptors (Lipinski definition) is 6. The van der Waals surface area contributed by atoms with Crippen LogP contribution in [0.2, 0.25) is 0 Å².